The van der Waals surface area contributed by atoms with Gasteiger partial charge in [0, 0.05) is 25.7 Å². The number of carbonyl (C=O) groups is 2. The molecule has 3 heterocycles. The number of aromatic nitrogens is 2. The maximum Gasteiger partial charge on any atom is 0.284 e. The van der Waals surface area contributed by atoms with Crippen LogP contribution in [0.2, 0.25) is 0 Å². The summed E-state index contributed by atoms with van der Waals surface area (Å²) in [5.74, 6) is -0.322. The van der Waals surface area contributed by atoms with Crippen LogP contribution in [0.25, 0.3) is 11.0 Å². The second-order valence-electron chi connectivity index (χ2n) is 6.84. The van der Waals surface area contributed by atoms with E-state index in [1.54, 1.807) is 6.07 Å². The summed E-state index contributed by atoms with van der Waals surface area (Å²) in [7, 11) is 0. The van der Waals surface area contributed by atoms with Crippen LogP contribution in [0.1, 0.15) is 52.7 Å². The molecule has 2 aliphatic heterocycles. The summed E-state index contributed by atoms with van der Waals surface area (Å²) in [4.78, 5) is 31.2. The third kappa shape index (κ3) is 2.78. The molecule has 0 bridgehead atoms. The smallest absolute Gasteiger partial charge is 0.284 e. The summed E-state index contributed by atoms with van der Waals surface area (Å²) < 4.78 is 1.92. The molecule has 7 heteroatoms. The molecule has 0 radical (unpaired) electrons. The largest absolute Gasteiger partial charge is 0.363 e. The number of benzene rings is 1. The number of amides is 2. The predicted octanol–water partition coefficient (Wildman–Crippen LogP) is 1.30. The molecule has 132 valence electrons. The first-order chi connectivity index (χ1) is 12.2. The lowest BCUT2D eigenvalue weighted by atomic mass is 10.1. The van der Waals surface area contributed by atoms with Gasteiger partial charge in [0.2, 0.25) is 0 Å². The number of primary amides is 1. The number of likely N-dealkylation sites (tertiary alicyclic amines) is 1. The minimum Gasteiger partial charge on any atom is -0.363 e. The van der Waals surface area contributed by atoms with Gasteiger partial charge in [-0.3, -0.25) is 9.59 Å². The monoisotopic (exact) mass is 341 g/mol. The van der Waals surface area contributed by atoms with Crippen molar-refractivity contribution in [2.75, 3.05) is 26.2 Å². The van der Waals surface area contributed by atoms with Gasteiger partial charge in [-0.15, -0.1) is 0 Å². The van der Waals surface area contributed by atoms with Gasteiger partial charge in [-0.1, -0.05) is 6.07 Å². The van der Waals surface area contributed by atoms with Crippen LogP contribution >= 0.6 is 0 Å². The second kappa shape index (κ2) is 6.48. The van der Waals surface area contributed by atoms with Gasteiger partial charge < -0.3 is 20.5 Å². The first-order valence-corrected chi connectivity index (χ1v) is 8.97. The minimum absolute atomic E-state index is 0.00876. The van der Waals surface area contributed by atoms with Gasteiger partial charge in [0.25, 0.3) is 11.8 Å². The molecule has 2 saturated heterocycles. The number of imidazole rings is 1. The van der Waals surface area contributed by atoms with Crippen molar-refractivity contribution in [3.63, 3.8) is 0 Å². The van der Waals surface area contributed by atoms with Gasteiger partial charge in [0.15, 0.2) is 5.82 Å². The predicted molar refractivity (Wildman–Crippen MR) is 94.5 cm³/mol. The van der Waals surface area contributed by atoms with Crippen molar-refractivity contribution in [2.45, 2.75) is 31.7 Å². The van der Waals surface area contributed by atoms with E-state index in [4.69, 9.17) is 5.73 Å². The lowest BCUT2D eigenvalue weighted by Gasteiger charge is -2.25. The quantitative estimate of drug-likeness (QED) is 0.880. The summed E-state index contributed by atoms with van der Waals surface area (Å²) in [6, 6.07) is 5.71. The van der Waals surface area contributed by atoms with Gasteiger partial charge in [-0.25, -0.2) is 4.98 Å². The standard InChI is InChI=1S/C18H23N5O2/c19-16(24)17-21-15-13(18(25)22-9-1-2-10-22)6-3-7-14(15)23(17)12-5-4-8-20-11-12/h3,6-7,12,20H,1-2,4-5,8-11H2,(H2,19,24). The van der Waals surface area contributed by atoms with E-state index in [0.29, 0.717) is 11.1 Å². The fourth-order valence-electron chi connectivity index (χ4n) is 3.98. The van der Waals surface area contributed by atoms with E-state index in [0.717, 1.165) is 57.4 Å². The molecule has 1 aromatic heterocycles. The van der Waals surface area contributed by atoms with Gasteiger partial charge in [0.05, 0.1) is 11.1 Å². The molecule has 4 rings (SSSR count). The number of carbonyl (C=O) groups excluding carboxylic acids is 2. The fourth-order valence-corrected chi connectivity index (χ4v) is 3.98. The zero-order chi connectivity index (χ0) is 17.4. The number of hydrogen-bond donors (Lipinski definition) is 2. The molecule has 2 fully saturated rings. The van der Waals surface area contributed by atoms with E-state index in [9.17, 15) is 9.59 Å². The van der Waals surface area contributed by atoms with Crippen molar-refractivity contribution in [3.05, 3.63) is 29.6 Å². The molecule has 2 aromatic rings. The molecule has 0 aliphatic carbocycles. The maximum atomic E-state index is 12.9. The van der Waals surface area contributed by atoms with Crippen LogP contribution in [0.4, 0.5) is 0 Å². The SMILES string of the molecule is NC(=O)c1nc2c(C(=O)N3CCCC3)cccc2n1C1CCCNC1. The van der Waals surface area contributed by atoms with Crippen molar-refractivity contribution in [3.8, 4) is 0 Å². The summed E-state index contributed by atoms with van der Waals surface area (Å²) in [5.41, 5.74) is 7.55. The second-order valence-corrected chi connectivity index (χ2v) is 6.84. The molecule has 1 unspecified atom stereocenters. The molecular weight excluding hydrogens is 318 g/mol. The Kier molecular flexibility index (Phi) is 4.17. The molecule has 0 saturated carbocycles. The van der Waals surface area contributed by atoms with Crippen LogP contribution in [0, 0.1) is 0 Å². The Balaban J connectivity index is 1.84. The molecule has 1 aromatic carbocycles. The number of para-hydroxylation sites is 1. The highest BCUT2D eigenvalue weighted by Gasteiger charge is 2.27. The normalized spacial score (nSPS) is 21.0. The van der Waals surface area contributed by atoms with Crippen LogP contribution in [-0.2, 0) is 0 Å². The number of nitrogens with two attached hydrogens (primary N) is 1. The van der Waals surface area contributed by atoms with Crippen LogP contribution in [0.3, 0.4) is 0 Å². The van der Waals surface area contributed by atoms with Gasteiger partial charge in [-0.05, 0) is 44.4 Å². The first-order valence-electron chi connectivity index (χ1n) is 8.97. The van der Waals surface area contributed by atoms with Gasteiger partial charge in [0.1, 0.15) is 5.52 Å². The average Bonchev–Trinajstić information content (AvgIpc) is 3.29. The van der Waals surface area contributed by atoms with Crippen LogP contribution in [-0.4, -0.2) is 52.4 Å². The Morgan fingerprint density at radius 1 is 1.20 bits per heavy atom. The Bertz CT molecular complexity index is 816. The van der Waals surface area contributed by atoms with E-state index in [2.05, 4.69) is 10.3 Å². The molecule has 2 aliphatic rings. The molecule has 25 heavy (non-hydrogen) atoms. The maximum absolute atomic E-state index is 12.9. The molecule has 1 atom stereocenters. The van der Waals surface area contributed by atoms with E-state index in [-0.39, 0.29) is 17.8 Å². The third-order valence-electron chi connectivity index (χ3n) is 5.20. The highest BCUT2D eigenvalue weighted by Crippen LogP contribution is 2.28. The van der Waals surface area contributed by atoms with Crippen molar-refractivity contribution in [1.29, 1.82) is 0 Å². The van der Waals surface area contributed by atoms with E-state index in [1.165, 1.54) is 0 Å². The van der Waals surface area contributed by atoms with Crippen LogP contribution in [0.5, 0.6) is 0 Å². The summed E-state index contributed by atoms with van der Waals surface area (Å²) >= 11 is 0. The van der Waals surface area contributed by atoms with E-state index in [1.807, 2.05) is 21.6 Å². The Hall–Kier alpha value is -2.41. The number of nitrogens with one attached hydrogen (secondary N) is 1. The van der Waals surface area contributed by atoms with E-state index >= 15 is 0 Å². The topological polar surface area (TPSA) is 93.2 Å². The number of rotatable bonds is 3. The molecule has 0 spiro atoms. The first kappa shape index (κ1) is 16.1. The molecule has 2 amide bonds. The zero-order valence-electron chi connectivity index (χ0n) is 14.2. The molecular formula is C18H23N5O2. The summed E-state index contributed by atoms with van der Waals surface area (Å²) in [5, 5.41) is 3.36. The van der Waals surface area contributed by atoms with Crippen molar-refractivity contribution < 1.29 is 9.59 Å². The van der Waals surface area contributed by atoms with Crippen LogP contribution in [0.15, 0.2) is 18.2 Å². The summed E-state index contributed by atoms with van der Waals surface area (Å²) in [6.45, 7) is 3.32. The number of hydrogen-bond acceptors (Lipinski definition) is 4. The third-order valence-corrected chi connectivity index (χ3v) is 5.20. The Labute approximate surface area is 146 Å². The van der Waals surface area contributed by atoms with Gasteiger partial charge in [-0.2, -0.15) is 0 Å². The van der Waals surface area contributed by atoms with Crippen molar-refractivity contribution in [1.82, 2.24) is 19.8 Å². The zero-order valence-corrected chi connectivity index (χ0v) is 14.2. The Morgan fingerprint density at radius 2 is 2.00 bits per heavy atom. The fraction of sp³-hybridized carbons (Fsp3) is 0.500. The minimum atomic E-state index is -0.554. The van der Waals surface area contributed by atoms with E-state index < -0.39 is 5.91 Å². The van der Waals surface area contributed by atoms with Gasteiger partial charge >= 0.3 is 0 Å². The van der Waals surface area contributed by atoms with Crippen LogP contribution < -0.4 is 11.1 Å². The highest BCUT2D eigenvalue weighted by atomic mass is 16.2. The molecule has 3 N–H and O–H groups in total. The lowest BCUT2D eigenvalue weighted by Crippen LogP contribution is -2.33. The number of piperidine rings is 1. The lowest BCUT2D eigenvalue weighted by molar-refractivity contribution is 0.0794. The highest BCUT2D eigenvalue weighted by molar-refractivity contribution is 6.06. The summed E-state index contributed by atoms with van der Waals surface area (Å²) in [6.07, 6.45) is 4.07. The van der Waals surface area contributed by atoms with Crippen molar-refractivity contribution >= 4 is 22.8 Å². The van der Waals surface area contributed by atoms with Crippen molar-refractivity contribution in [2.24, 2.45) is 5.73 Å². The molecule has 7 nitrogen and oxygen atoms in total. The average molecular weight is 341 g/mol. The number of nitrogens with zero attached hydrogens (tertiary/aromatic N) is 3. The Morgan fingerprint density at radius 3 is 2.68 bits per heavy atom. The number of fused-ring (bicyclic) bond motifs is 1.